The third kappa shape index (κ3) is 3.52. The van der Waals surface area contributed by atoms with E-state index in [1.807, 2.05) is 11.3 Å². The summed E-state index contributed by atoms with van der Waals surface area (Å²) in [6.07, 6.45) is 7.12. The fourth-order valence-corrected chi connectivity index (χ4v) is 3.68. The van der Waals surface area contributed by atoms with Crippen molar-refractivity contribution in [3.63, 3.8) is 0 Å². The Morgan fingerprint density at radius 3 is 2.59 bits per heavy atom. The van der Waals surface area contributed by atoms with Gasteiger partial charge in [-0.25, -0.2) is 4.98 Å². The summed E-state index contributed by atoms with van der Waals surface area (Å²) in [6.45, 7) is 7.55. The Labute approximate surface area is 109 Å². The van der Waals surface area contributed by atoms with Crippen LogP contribution in [0, 0.1) is 19.8 Å². The summed E-state index contributed by atoms with van der Waals surface area (Å²) in [4.78, 5) is 5.89. The largest absolute Gasteiger partial charge is 0.309 e. The number of rotatable bonds is 4. The fourth-order valence-electron chi connectivity index (χ4n) is 2.79. The SMILES string of the molecule is Cc1nc(C)c(CN[C@H](C)C2CCCCC2)s1. The van der Waals surface area contributed by atoms with Crippen LogP contribution in [-0.4, -0.2) is 11.0 Å². The molecular weight excluding hydrogens is 228 g/mol. The number of aryl methyl sites for hydroxylation is 2. The highest BCUT2D eigenvalue weighted by Gasteiger charge is 2.19. The molecular formula is C14H24N2S. The monoisotopic (exact) mass is 252 g/mol. The van der Waals surface area contributed by atoms with Gasteiger partial charge in [0.25, 0.3) is 0 Å². The lowest BCUT2D eigenvalue weighted by molar-refractivity contribution is 0.281. The van der Waals surface area contributed by atoms with Gasteiger partial charge in [-0.2, -0.15) is 0 Å². The van der Waals surface area contributed by atoms with Crippen LogP contribution in [0.25, 0.3) is 0 Å². The second kappa shape index (κ2) is 5.96. The first-order valence-electron chi connectivity index (χ1n) is 6.83. The Bertz CT molecular complexity index is 353. The zero-order chi connectivity index (χ0) is 12.3. The molecule has 2 rings (SSSR count). The molecule has 1 aliphatic rings. The summed E-state index contributed by atoms with van der Waals surface area (Å²) in [6, 6.07) is 0.650. The molecule has 1 aromatic rings. The Balaban J connectivity index is 1.82. The van der Waals surface area contributed by atoms with Crippen molar-refractivity contribution in [1.29, 1.82) is 0 Å². The minimum atomic E-state index is 0.650. The smallest absolute Gasteiger partial charge is 0.0900 e. The average Bonchev–Trinajstić information content (AvgIpc) is 2.66. The van der Waals surface area contributed by atoms with Crippen molar-refractivity contribution in [2.45, 2.75) is 65.5 Å². The molecule has 1 aromatic heterocycles. The summed E-state index contributed by atoms with van der Waals surface area (Å²) in [5, 5.41) is 4.88. The minimum Gasteiger partial charge on any atom is -0.309 e. The third-order valence-corrected chi connectivity index (χ3v) is 5.01. The Morgan fingerprint density at radius 2 is 2.00 bits per heavy atom. The zero-order valence-corrected chi connectivity index (χ0v) is 12.1. The minimum absolute atomic E-state index is 0.650. The van der Waals surface area contributed by atoms with E-state index in [1.165, 1.54) is 47.7 Å². The van der Waals surface area contributed by atoms with E-state index in [4.69, 9.17) is 0 Å². The third-order valence-electron chi connectivity index (χ3n) is 3.94. The zero-order valence-electron chi connectivity index (χ0n) is 11.3. The molecule has 0 aromatic carbocycles. The van der Waals surface area contributed by atoms with Crippen LogP contribution in [0.1, 0.15) is 54.6 Å². The first-order chi connectivity index (χ1) is 8.16. The Morgan fingerprint density at radius 1 is 1.29 bits per heavy atom. The maximum absolute atomic E-state index is 4.48. The molecule has 0 aliphatic heterocycles. The van der Waals surface area contributed by atoms with Gasteiger partial charge in [-0.05, 0) is 39.5 Å². The molecule has 1 fully saturated rings. The van der Waals surface area contributed by atoms with Crippen molar-refractivity contribution >= 4 is 11.3 Å². The summed E-state index contributed by atoms with van der Waals surface area (Å²) in [5.74, 6) is 0.887. The summed E-state index contributed by atoms with van der Waals surface area (Å²) in [7, 11) is 0. The molecule has 1 aliphatic carbocycles. The van der Waals surface area contributed by atoms with Crippen LogP contribution in [-0.2, 0) is 6.54 Å². The van der Waals surface area contributed by atoms with Crippen LogP contribution in [0.2, 0.25) is 0 Å². The molecule has 0 unspecified atom stereocenters. The topological polar surface area (TPSA) is 24.9 Å². The van der Waals surface area contributed by atoms with E-state index in [1.54, 1.807) is 0 Å². The lowest BCUT2D eigenvalue weighted by atomic mass is 9.84. The molecule has 0 saturated heterocycles. The molecule has 0 spiro atoms. The number of nitrogens with one attached hydrogen (secondary N) is 1. The van der Waals surface area contributed by atoms with E-state index in [-0.39, 0.29) is 0 Å². The molecule has 0 radical (unpaired) electrons. The van der Waals surface area contributed by atoms with Gasteiger partial charge in [0, 0.05) is 17.5 Å². The normalized spacial score (nSPS) is 19.5. The van der Waals surface area contributed by atoms with Gasteiger partial charge in [-0.15, -0.1) is 11.3 Å². The van der Waals surface area contributed by atoms with Crippen molar-refractivity contribution in [1.82, 2.24) is 10.3 Å². The molecule has 3 heteroatoms. The van der Waals surface area contributed by atoms with Gasteiger partial charge in [0.1, 0.15) is 0 Å². The number of thiazole rings is 1. The van der Waals surface area contributed by atoms with Gasteiger partial charge in [-0.3, -0.25) is 0 Å². The lowest BCUT2D eigenvalue weighted by Crippen LogP contribution is -2.34. The molecule has 2 nitrogen and oxygen atoms in total. The van der Waals surface area contributed by atoms with E-state index in [2.05, 4.69) is 31.1 Å². The van der Waals surface area contributed by atoms with Gasteiger partial charge in [0.2, 0.25) is 0 Å². The van der Waals surface area contributed by atoms with Crippen LogP contribution >= 0.6 is 11.3 Å². The highest BCUT2D eigenvalue weighted by molar-refractivity contribution is 7.11. The van der Waals surface area contributed by atoms with Crippen molar-refractivity contribution in [2.75, 3.05) is 0 Å². The standard InChI is InChI=1S/C14H24N2S/c1-10(13-7-5-4-6-8-13)15-9-14-11(2)16-12(3)17-14/h10,13,15H,4-9H2,1-3H3/t10-/m1/s1. The molecule has 96 valence electrons. The Kier molecular flexibility index (Phi) is 4.57. The van der Waals surface area contributed by atoms with Crippen molar-refractivity contribution < 1.29 is 0 Å². The summed E-state index contributed by atoms with van der Waals surface area (Å²) >= 11 is 1.83. The molecule has 1 saturated carbocycles. The maximum Gasteiger partial charge on any atom is 0.0900 e. The highest BCUT2D eigenvalue weighted by Crippen LogP contribution is 2.26. The van der Waals surface area contributed by atoms with Crippen molar-refractivity contribution in [3.8, 4) is 0 Å². The van der Waals surface area contributed by atoms with Crippen LogP contribution in [0.4, 0.5) is 0 Å². The van der Waals surface area contributed by atoms with Gasteiger partial charge < -0.3 is 5.32 Å². The molecule has 0 amide bonds. The van der Waals surface area contributed by atoms with Crippen molar-refractivity contribution in [3.05, 3.63) is 15.6 Å². The maximum atomic E-state index is 4.48. The Hall–Kier alpha value is -0.410. The number of hydrogen-bond acceptors (Lipinski definition) is 3. The number of hydrogen-bond donors (Lipinski definition) is 1. The predicted octanol–water partition coefficient (Wildman–Crippen LogP) is 3.82. The van der Waals surface area contributed by atoms with E-state index in [9.17, 15) is 0 Å². The van der Waals surface area contributed by atoms with Gasteiger partial charge >= 0.3 is 0 Å². The van der Waals surface area contributed by atoms with Crippen LogP contribution in [0.5, 0.6) is 0 Å². The average molecular weight is 252 g/mol. The van der Waals surface area contributed by atoms with Gasteiger partial charge in [0.15, 0.2) is 0 Å². The summed E-state index contributed by atoms with van der Waals surface area (Å²) in [5.41, 5.74) is 1.20. The second-order valence-corrected chi connectivity index (χ2v) is 6.60. The predicted molar refractivity (Wildman–Crippen MR) is 74.5 cm³/mol. The first-order valence-corrected chi connectivity index (χ1v) is 7.64. The molecule has 1 heterocycles. The molecule has 1 atom stereocenters. The highest BCUT2D eigenvalue weighted by atomic mass is 32.1. The van der Waals surface area contributed by atoms with Gasteiger partial charge in [-0.1, -0.05) is 19.3 Å². The summed E-state index contributed by atoms with van der Waals surface area (Å²) < 4.78 is 0. The quantitative estimate of drug-likeness (QED) is 0.881. The molecule has 0 bridgehead atoms. The van der Waals surface area contributed by atoms with Crippen molar-refractivity contribution in [2.24, 2.45) is 5.92 Å². The lowest BCUT2D eigenvalue weighted by Gasteiger charge is -2.28. The van der Waals surface area contributed by atoms with E-state index in [0.29, 0.717) is 6.04 Å². The second-order valence-electron chi connectivity index (χ2n) is 5.31. The number of nitrogens with zero attached hydrogens (tertiary/aromatic N) is 1. The van der Waals surface area contributed by atoms with E-state index < -0.39 is 0 Å². The van der Waals surface area contributed by atoms with Crippen LogP contribution in [0.15, 0.2) is 0 Å². The molecule has 17 heavy (non-hydrogen) atoms. The number of aromatic nitrogens is 1. The van der Waals surface area contributed by atoms with E-state index in [0.717, 1.165) is 12.5 Å². The molecule has 1 N–H and O–H groups in total. The van der Waals surface area contributed by atoms with Gasteiger partial charge in [0.05, 0.1) is 10.7 Å². The van der Waals surface area contributed by atoms with Crippen LogP contribution < -0.4 is 5.32 Å². The first kappa shape index (κ1) is 13.0. The fraction of sp³-hybridized carbons (Fsp3) is 0.786. The van der Waals surface area contributed by atoms with E-state index >= 15 is 0 Å². The van der Waals surface area contributed by atoms with Crippen LogP contribution in [0.3, 0.4) is 0 Å².